The second-order valence-electron chi connectivity index (χ2n) is 7.16. The maximum Gasteiger partial charge on any atom is 0.209 e. The molecule has 1 atom stereocenters. The number of benzene rings is 1. The minimum atomic E-state index is -0.461. The molecule has 1 aromatic carbocycles. The van der Waals surface area contributed by atoms with E-state index < -0.39 is 6.04 Å². The van der Waals surface area contributed by atoms with Crippen LogP contribution in [-0.2, 0) is 4.79 Å². The number of carbonyl (C=O) groups excluding carboxylic acids is 1. The summed E-state index contributed by atoms with van der Waals surface area (Å²) in [6, 6.07) is 6.37. The molecular formula is C20H25Cl2N7O2S. The van der Waals surface area contributed by atoms with Crippen LogP contribution in [0.1, 0.15) is 11.6 Å². The molecule has 1 aliphatic heterocycles. The van der Waals surface area contributed by atoms with Crippen molar-refractivity contribution in [3.63, 3.8) is 0 Å². The minimum Gasteiger partial charge on any atom is -0.508 e. The van der Waals surface area contributed by atoms with E-state index in [0.717, 1.165) is 23.0 Å². The average Bonchev–Trinajstić information content (AvgIpc) is 2.77. The zero-order valence-corrected chi connectivity index (χ0v) is 19.8. The van der Waals surface area contributed by atoms with Crippen molar-refractivity contribution in [1.29, 1.82) is 0 Å². The number of amidine groups is 1. The Morgan fingerprint density at radius 3 is 2.50 bits per heavy atom. The molecule has 9 nitrogen and oxygen atoms in total. The molecule has 0 saturated carbocycles. The minimum absolute atomic E-state index is 0.0469. The predicted molar refractivity (Wildman–Crippen MR) is 130 cm³/mol. The van der Waals surface area contributed by atoms with Crippen LogP contribution in [0.4, 0.5) is 5.69 Å². The number of anilines is 1. The van der Waals surface area contributed by atoms with Crippen LogP contribution < -0.4 is 16.6 Å². The highest BCUT2D eigenvalue weighted by molar-refractivity contribution is 8.13. The van der Waals surface area contributed by atoms with E-state index in [1.807, 2.05) is 6.07 Å². The quantitative estimate of drug-likeness (QED) is 0.238. The number of hydrazone groups is 1. The monoisotopic (exact) mass is 497 g/mol. The number of hydrogen-bond donors (Lipinski definition) is 3. The van der Waals surface area contributed by atoms with Crippen LogP contribution in [-0.4, -0.2) is 69.9 Å². The van der Waals surface area contributed by atoms with Crippen molar-refractivity contribution in [2.24, 2.45) is 16.8 Å². The van der Waals surface area contributed by atoms with Crippen molar-refractivity contribution >= 4 is 51.6 Å². The Morgan fingerprint density at radius 2 is 1.94 bits per heavy atom. The van der Waals surface area contributed by atoms with Gasteiger partial charge in [-0.05, 0) is 24.0 Å². The first-order valence-corrected chi connectivity index (χ1v) is 11.8. The molecule has 3 rings (SSSR count). The van der Waals surface area contributed by atoms with E-state index in [4.69, 9.17) is 34.9 Å². The number of carbonyl (C=O) groups is 1. The fraction of sp³-hybridized carbons (Fsp3) is 0.350. The van der Waals surface area contributed by atoms with E-state index in [9.17, 15) is 9.90 Å². The third kappa shape index (κ3) is 5.57. The van der Waals surface area contributed by atoms with E-state index in [1.165, 1.54) is 5.01 Å². The second kappa shape index (κ2) is 11.1. The van der Waals surface area contributed by atoms with Crippen LogP contribution in [0.25, 0.3) is 0 Å². The SMILES string of the molecule is CSC(=O)CN(N)/C(=N\N)C(c1cccc(O)c1)N1CCN(c2c(Cl)cncc2Cl)CC1. The molecule has 32 heavy (non-hydrogen) atoms. The van der Waals surface area contributed by atoms with Crippen molar-refractivity contribution in [2.75, 3.05) is 43.9 Å². The standard InChI is InChI=1S/C20H25Cl2N7O2S/c1-32-17(31)12-29(24)20(26-23)18(13-3-2-4-14(30)9-13)27-5-7-28(8-6-27)19-15(21)10-25-11-16(19)22/h2-4,9-11,18,30H,5-8,12,23-24H2,1H3/b26-20-. The molecule has 0 radical (unpaired) electrons. The van der Waals surface area contributed by atoms with Crippen molar-refractivity contribution in [1.82, 2.24) is 14.9 Å². The van der Waals surface area contributed by atoms with Gasteiger partial charge in [-0.25, -0.2) is 5.84 Å². The van der Waals surface area contributed by atoms with Gasteiger partial charge in [0.1, 0.15) is 12.3 Å². The van der Waals surface area contributed by atoms with Crippen LogP contribution in [0.3, 0.4) is 0 Å². The first-order valence-electron chi connectivity index (χ1n) is 9.79. The average molecular weight is 498 g/mol. The Bertz CT molecular complexity index is 966. The van der Waals surface area contributed by atoms with Gasteiger partial charge in [-0.1, -0.05) is 47.1 Å². The molecular weight excluding hydrogens is 473 g/mol. The van der Waals surface area contributed by atoms with Crippen molar-refractivity contribution in [3.8, 4) is 5.75 Å². The molecule has 2 aromatic rings. The van der Waals surface area contributed by atoms with Gasteiger partial charge < -0.3 is 15.8 Å². The van der Waals surface area contributed by atoms with E-state index >= 15 is 0 Å². The summed E-state index contributed by atoms with van der Waals surface area (Å²) in [5.41, 5.74) is 1.50. The first-order chi connectivity index (χ1) is 15.3. The predicted octanol–water partition coefficient (Wildman–Crippen LogP) is 2.29. The summed E-state index contributed by atoms with van der Waals surface area (Å²) >= 11 is 13.7. The number of halogens is 2. The maximum atomic E-state index is 12.0. The molecule has 0 aliphatic carbocycles. The number of aromatic hydroxyl groups is 1. The first kappa shape index (κ1) is 24.4. The van der Waals surface area contributed by atoms with E-state index in [1.54, 1.807) is 36.8 Å². The van der Waals surface area contributed by atoms with Gasteiger partial charge in [-0.3, -0.25) is 19.7 Å². The lowest BCUT2D eigenvalue weighted by molar-refractivity contribution is -0.111. The van der Waals surface area contributed by atoms with Gasteiger partial charge in [0.05, 0.1) is 21.8 Å². The Morgan fingerprint density at radius 1 is 1.28 bits per heavy atom. The molecule has 0 amide bonds. The van der Waals surface area contributed by atoms with Crippen molar-refractivity contribution in [3.05, 3.63) is 52.3 Å². The van der Waals surface area contributed by atoms with Gasteiger partial charge in [0, 0.05) is 38.6 Å². The molecule has 1 aromatic heterocycles. The topological polar surface area (TPSA) is 124 Å². The highest BCUT2D eigenvalue weighted by Gasteiger charge is 2.33. The number of nitrogens with two attached hydrogens (primary N) is 2. The number of rotatable bonds is 6. The smallest absolute Gasteiger partial charge is 0.209 e. The third-order valence-electron chi connectivity index (χ3n) is 5.21. The normalized spacial score (nSPS) is 16.1. The molecule has 1 saturated heterocycles. The highest BCUT2D eigenvalue weighted by atomic mass is 35.5. The van der Waals surface area contributed by atoms with Crippen LogP contribution in [0.5, 0.6) is 5.75 Å². The zero-order chi connectivity index (χ0) is 23.3. The number of phenolic OH excluding ortho intramolecular Hbond substituents is 1. The summed E-state index contributed by atoms with van der Waals surface area (Å²) in [6.07, 6.45) is 4.83. The fourth-order valence-corrected chi connectivity index (χ4v) is 4.59. The lowest BCUT2D eigenvalue weighted by atomic mass is 10.0. The van der Waals surface area contributed by atoms with Crippen LogP contribution in [0.2, 0.25) is 10.0 Å². The van der Waals surface area contributed by atoms with E-state index in [0.29, 0.717) is 42.1 Å². The molecule has 172 valence electrons. The maximum absolute atomic E-state index is 12.0. The van der Waals surface area contributed by atoms with Gasteiger partial charge in [0.2, 0.25) is 5.12 Å². The Kier molecular flexibility index (Phi) is 8.44. The third-order valence-corrected chi connectivity index (χ3v) is 6.35. The van der Waals surface area contributed by atoms with Crippen molar-refractivity contribution < 1.29 is 9.90 Å². The molecule has 1 aliphatic rings. The van der Waals surface area contributed by atoms with Gasteiger partial charge in [-0.2, -0.15) is 5.10 Å². The molecule has 1 unspecified atom stereocenters. The van der Waals surface area contributed by atoms with Gasteiger partial charge >= 0.3 is 0 Å². The number of aromatic nitrogens is 1. The van der Waals surface area contributed by atoms with Crippen LogP contribution in [0.15, 0.2) is 41.8 Å². The number of piperazine rings is 1. The molecule has 2 heterocycles. The lowest BCUT2D eigenvalue weighted by Gasteiger charge is -2.42. The highest BCUT2D eigenvalue weighted by Crippen LogP contribution is 2.34. The summed E-state index contributed by atoms with van der Waals surface area (Å²) in [4.78, 5) is 20.2. The Labute approximate surface area is 200 Å². The fourth-order valence-electron chi connectivity index (χ4n) is 3.71. The number of hydrazine groups is 1. The number of hydrogen-bond acceptors (Lipinski definition) is 9. The summed E-state index contributed by atoms with van der Waals surface area (Å²) < 4.78 is 0. The van der Waals surface area contributed by atoms with Crippen LogP contribution >= 0.6 is 35.0 Å². The molecule has 5 N–H and O–H groups in total. The largest absolute Gasteiger partial charge is 0.508 e. The lowest BCUT2D eigenvalue weighted by Crippen LogP contribution is -2.54. The van der Waals surface area contributed by atoms with E-state index in [-0.39, 0.29) is 17.4 Å². The summed E-state index contributed by atoms with van der Waals surface area (Å²) in [5.74, 6) is 12.4. The number of nitrogens with zero attached hydrogens (tertiary/aromatic N) is 5. The second-order valence-corrected chi connectivity index (χ2v) is 8.84. The van der Waals surface area contributed by atoms with E-state index in [2.05, 4.69) is 19.9 Å². The van der Waals surface area contributed by atoms with Gasteiger partial charge in [-0.15, -0.1) is 0 Å². The summed E-state index contributed by atoms with van der Waals surface area (Å²) in [6.45, 7) is 2.43. The van der Waals surface area contributed by atoms with Crippen LogP contribution in [0, 0.1) is 0 Å². The molecule has 0 bridgehead atoms. The van der Waals surface area contributed by atoms with Crippen molar-refractivity contribution in [2.45, 2.75) is 6.04 Å². The number of thioether (sulfide) groups is 1. The Hall–Kier alpha value is -2.24. The van der Waals surface area contributed by atoms with Gasteiger partial charge in [0.15, 0.2) is 5.84 Å². The molecule has 1 fully saturated rings. The number of pyridine rings is 1. The molecule has 0 spiro atoms. The summed E-state index contributed by atoms with van der Waals surface area (Å²) in [7, 11) is 0. The molecule has 12 heteroatoms. The Balaban J connectivity index is 1.87. The summed E-state index contributed by atoms with van der Waals surface area (Å²) in [5, 5.41) is 16.1. The zero-order valence-electron chi connectivity index (χ0n) is 17.5. The van der Waals surface area contributed by atoms with Gasteiger partial charge in [0.25, 0.3) is 0 Å². The number of phenols is 1.